The number of carbonyl (C=O) groups excluding carboxylic acids is 1. The van der Waals surface area contributed by atoms with E-state index in [9.17, 15) is 4.79 Å². The number of amides is 1. The van der Waals surface area contributed by atoms with Crippen molar-refractivity contribution in [1.82, 2.24) is 9.80 Å². The molecule has 1 atom stereocenters. The molecule has 1 amide bonds. The zero-order chi connectivity index (χ0) is 16.4. The van der Waals surface area contributed by atoms with E-state index in [1.807, 2.05) is 4.90 Å². The molecule has 24 heavy (non-hydrogen) atoms. The van der Waals surface area contributed by atoms with Gasteiger partial charge in [0.2, 0.25) is 0 Å². The van der Waals surface area contributed by atoms with Gasteiger partial charge >= 0.3 is 0 Å². The second kappa shape index (κ2) is 7.11. The molecular formula is C19H26N2O3. The van der Waals surface area contributed by atoms with Crippen molar-refractivity contribution in [2.75, 3.05) is 32.8 Å². The fraction of sp³-hybridized carbons (Fsp3) is 0.632. The van der Waals surface area contributed by atoms with Crippen LogP contribution in [0.25, 0.3) is 0 Å². The summed E-state index contributed by atoms with van der Waals surface area (Å²) in [6, 6.07) is 6.45. The summed E-state index contributed by atoms with van der Waals surface area (Å²) in [6.07, 6.45) is 4.18. The Labute approximate surface area is 143 Å². The maximum absolute atomic E-state index is 12.7. The zero-order valence-electron chi connectivity index (χ0n) is 14.2. The highest BCUT2D eigenvalue weighted by Gasteiger charge is 2.30. The SMILES string of the molecule is O=C(C1CCCO1)N1CCOc2ccc(CN3CCCC3)cc2C1. The number of carbonyl (C=O) groups is 1. The Balaban J connectivity index is 1.48. The average Bonchev–Trinajstić information content (AvgIpc) is 3.25. The number of ether oxygens (including phenoxy) is 2. The van der Waals surface area contributed by atoms with E-state index in [2.05, 4.69) is 23.1 Å². The number of nitrogens with zero attached hydrogens (tertiary/aromatic N) is 2. The molecule has 0 aromatic heterocycles. The van der Waals surface area contributed by atoms with Crippen LogP contribution in [0.2, 0.25) is 0 Å². The van der Waals surface area contributed by atoms with Gasteiger partial charge in [-0.05, 0) is 56.5 Å². The van der Waals surface area contributed by atoms with E-state index in [0.29, 0.717) is 26.3 Å². The first kappa shape index (κ1) is 15.9. The lowest BCUT2D eigenvalue weighted by Crippen LogP contribution is -2.39. The summed E-state index contributed by atoms with van der Waals surface area (Å²) in [5, 5.41) is 0. The molecule has 3 heterocycles. The molecule has 0 N–H and O–H groups in total. The van der Waals surface area contributed by atoms with Crippen molar-refractivity contribution in [2.45, 2.75) is 44.9 Å². The van der Waals surface area contributed by atoms with Gasteiger partial charge in [-0.15, -0.1) is 0 Å². The van der Waals surface area contributed by atoms with Crippen molar-refractivity contribution in [3.8, 4) is 5.75 Å². The Bertz CT molecular complexity index is 592. The molecule has 1 unspecified atom stereocenters. The Hall–Kier alpha value is -1.59. The third-order valence-electron chi connectivity index (χ3n) is 5.23. The van der Waals surface area contributed by atoms with Gasteiger partial charge in [-0.3, -0.25) is 9.69 Å². The van der Waals surface area contributed by atoms with Crippen LogP contribution in [0.15, 0.2) is 18.2 Å². The van der Waals surface area contributed by atoms with E-state index in [1.54, 1.807) is 0 Å². The van der Waals surface area contributed by atoms with Crippen LogP contribution in [-0.2, 0) is 22.6 Å². The van der Waals surface area contributed by atoms with Gasteiger partial charge in [0.15, 0.2) is 0 Å². The van der Waals surface area contributed by atoms with Crippen LogP contribution < -0.4 is 4.74 Å². The Morgan fingerprint density at radius 2 is 2.00 bits per heavy atom. The molecule has 0 spiro atoms. The average molecular weight is 330 g/mol. The summed E-state index contributed by atoms with van der Waals surface area (Å²) in [7, 11) is 0. The minimum atomic E-state index is -0.251. The van der Waals surface area contributed by atoms with Crippen LogP contribution in [0.5, 0.6) is 5.75 Å². The van der Waals surface area contributed by atoms with Gasteiger partial charge in [-0.2, -0.15) is 0 Å². The maximum atomic E-state index is 12.7. The van der Waals surface area contributed by atoms with E-state index < -0.39 is 0 Å². The maximum Gasteiger partial charge on any atom is 0.252 e. The minimum Gasteiger partial charge on any atom is -0.491 e. The second-order valence-corrected chi connectivity index (χ2v) is 7.04. The van der Waals surface area contributed by atoms with Crippen LogP contribution in [0.3, 0.4) is 0 Å². The topological polar surface area (TPSA) is 42.0 Å². The van der Waals surface area contributed by atoms with Crippen molar-refractivity contribution in [2.24, 2.45) is 0 Å². The van der Waals surface area contributed by atoms with Crippen LogP contribution in [0.4, 0.5) is 0 Å². The van der Waals surface area contributed by atoms with Crippen molar-refractivity contribution < 1.29 is 14.3 Å². The highest BCUT2D eigenvalue weighted by atomic mass is 16.5. The first-order valence-electron chi connectivity index (χ1n) is 9.17. The first-order valence-corrected chi connectivity index (χ1v) is 9.17. The second-order valence-electron chi connectivity index (χ2n) is 7.04. The van der Waals surface area contributed by atoms with Gasteiger partial charge in [0.25, 0.3) is 5.91 Å². The van der Waals surface area contributed by atoms with Crippen LogP contribution >= 0.6 is 0 Å². The monoisotopic (exact) mass is 330 g/mol. The van der Waals surface area contributed by atoms with Gasteiger partial charge in [-0.25, -0.2) is 0 Å². The molecule has 0 saturated carbocycles. The molecule has 0 bridgehead atoms. The van der Waals surface area contributed by atoms with Crippen molar-refractivity contribution in [3.63, 3.8) is 0 Å². The highest BCUT2D eigenvalue weighted by Crippen LogP contribution is 2.27. The van der Waals surface area contributed by atoms with Gasteiger partial charge < -0.3 is 14.4 Å². The van der Waals surface area contributed by atoms with E-state index in [1.165, 1.54) is 31.5 Å². The molecule has 3 aliphatic heterocycles. The number of benzene rings is 1. The largest absolute Gasteiger partial charge is 0.491 e. The fourth-order valence-electron chi connectivity index (χ4n) is 3.91. The number of rotatable bonds is 3. The summed E-state index contributed by atoms with van der Waals surface area (Å²) >= 11 is 0. The first-order chi connectivity index (χ1) is 11.8. The molecule has 5 heteroatoms. The van der Waals surface area contributed by atoms with E-state index in [4.69, 9.17) is 9.47 Å². The molecule has 1 aromatic carbocycles. The standard InChI is InChI=1S/C19H26N2O3/c22-19(18-4-3-10-23-18)21-9-11-24-17-6-5-15(12-16(17)14-21)13-20-7-1-2-8-20/h5-6,12,18H,1-4,7-11,13-14H2. The van der Waals surface area contributed by atoms with Gasteiger partial charge in [0.1, 0.15) is 18.5 Å². The van der Waals surface area contributed by atoms with E-state index in [-0.39, 0.29) is 12.0 Å². The van der Waals surface area contributed by atoms with Crippen molar-refractivity contribution in [1.29, 1.82) is 0 Å². The summed E-state index contributed by atoms with van der Waals surface area (Å²) in [4.78, 5) is 17.1. The summed E-state index contributed by atoms with van der Waals surface area (Å²) in [5.41, 5.74) is 2.43. The number of fused-ring (bicyclic) bond motifs is 1. The molecule has 0 radical (unpaired) electrons. The number of likely N-dealkylation sites (tertiary alicyclic amines) is 1. The molecule has 130 valence electrons. The lowest BCUT2D eigenvalue weighted by Gasteiger charge is -2.23. The third-order valence-corrected chi connectivity index (χ3v) is 5.23. The number of hydrogen-bond acceptors (Lipinski definition) is 4. The summed E-state index contributed by atoms with van der Waals surface area (Å²) in [6.45, 7) is 5.90. The lowest BCUT2D eigenvalue weighted by molar-refractivity contribution is -0.141. The molecule has 1 aromatic rings. The number of hydrogen-bond donors (Lipinski definition) is 0. The summed E-state index contributed by atoms with van der Waals surface area (Å²) < 4.78 is 11.4. The van der Waals surface area contributed by atoms with Crippen LogP contribution in [-0.4, -0.2) is 54.7 Å². The molecule has 4 rings (SSSR count). The predicted octanol–water partition coefficient (Wildman–Crippen LogP) is 2.18. The van der Waals surface area contributed by atoms with Crippen LogP contribution in [0, 0.1) is 0 Å². The Morgan fingerprint density at radius 1 is 1.12 bits per heavy atom. The summed E-state index contributed by atoms with van der Waals surface area (Å²) in [5.74, 6) is 1.04. The van der Waals surface area contributed by atoms with Gasteiger partial charge in [0, 0.05) is 25.3 Å². The Morgan fingerprint density at radius 3 is 2.79 bits per heavy atom. The van der Waals surface area contributed by atoms with Crippen LogP contribution in [0.1, 0.15) is 36.8 Å². The quantitative estimate of drug-likeness (QED) is 0.852. The smallest absolute Gasteiger partial charge is 0.252 e. The van der Waals surface area contributed by atoms with Crippen molar-refractivity contribution in [3.05, 3.63) is 29.3 Å². The van der Waals surface area contributed by atoms with E-state index >= 15 is 0 Å². The molecule has 2 fully saturated rings. The molecule has 2 saturated heterocycles. The molecule has 0 aliphatic carbocycles. The van der Waals surface area contributed by atoms with Gasteiger partial charge in [0.05, 0.1) is 6.54 Å². The molecule has 3 aliphatic rings. The molecular weight excluding hydrogens is 304 g/mol. The minimum absolute atomic E-state index is 0.119. The predicted molar refractivity (Wildman–Crippen MR) is 90.8 cm³/mol. The normalized spacial score (nSPS) is 24.5. The molecule has 5 nitrogen and oxygen atoms in total. The fourth-order valence-corrected chi connectivity index (χ4v) is 3.91. The van der Waals surface area contributed by atoms with Gasteiger partial charge in [-0.1, -0.05) is 6.07 Å². The van der Waals surface area contributed by atoms with E-state index in [0.717, 1.165) is 30.7 Å². The lowest BCUT2D eigenvalue weighted by atomic mass is 10.1. The Kier molecular flexibility index (Phi) is 4.72. The zero-order valence-corrected chi connectivity index (χ0v) is 14.2. The van der Waals surface area contributed by atoms with Crippen molar-refractivity contribution >= 4 is 5.91 Å². The third kappa shape index (κ3) is 3.42. The highest BCUT2D eigenvalue weighted by molar-refractivity contribution is 5.81.